The number of piperidine rings is 1. The molecule has 10 nitrogen and oxygen atoms in total. The molecule has 0 aliphatic carbocycles. The van der Waals surface area contributed by atoms with Crippen LogP contribution in [0.3, 0.4) is 0 Å². The van der Waals surface area contributed by atoms with Crippen molar-refractivity contribution in [3.05, 3.63) is 35.4 Å². The normalized spacial score (nSPS) is 23.0. The Bertz CT molecular complexity index is 1210. The highest BCUT2D eigenvalue weighted by molar-refractivity contribution is 6.13. The SMILES string of the molecule is CN1CCN(CC2=Cc3oc(N)c(C(=O)Nc4cnccc4N4C[C@@H](N)C[C@@H](C(F)(F)F)C4)c3NC2)CC1. The van der Waals surface area contributed by atoms with Crippen LogP contribution in [0, 0.1) is 5.92 Å². The van der Waals surface area contributed by atoms with Gasteiger partial charge in [0.25, 0.3) is 5.91 Å². The molecule has 5 rings (SSSR count). The van der Waals surface area contributed by atoms with Crippen LogP contribution >= 0.6 is 0 Å². The summed E-state index contributed by atoms with van der Waals surface area (Å²) in [6.45, 7) is 5.29. The lowest BCUT2D eigenvalue weighted by molar-refractivity contribution is -0.177. The van der Waals surface area contributed by atoms with Gasteiger partial charge in [-0.25, -0.2) is 0 Å². The number of hydrogen-bond acceptors (Lipinski definition) is 9. The monoisotopic (exact) mass is 534 g/mol. The topological polar surface area (TPSA) is 129 Å². The molecular formula is C25H33F3N8O2. The first kappa shape index (κ1) is 26.3. The molecule has 3 aliphatic heterocycles. The summed E-state index contributed by atoms with van der Waals surface area (Å²) in [7, 11) is 2.11. The van der Waals surface area contributed by atoms with E-state index in [0.717, 1.165) is 38.3 Å². The van der Waals surface area contributed by atoms with Crippen molar-refractivity contribution in [2.45, 2.75) is 18.6 Å². The van der Waals surface area contributed by atoms with Crippen LogP contribution in [-0.2, 0) is 0 Å². The number of alkyl halides is 3. The third kappa shape index (κ3) is 5.59. The van der Waals surface area contributed by atoms with Crippen molar-refractivity contribution in [3.63, 3.8) is 0 Å². The van der Waals surface area contributed by atoms with Gasteiger partial charge in [-0.3, -0.25) is 14.7 Å². The summed E-state index contributed by atoms with van der Waals surface area (Å²) in [5.74, 6) is -1.67. The van der Waals surface area contributed by atoms with Crippen LogP contribution < -0.4 is 27.0 Å². The van der Waals surface area contributed by atoms with Crippen molar-refractivity contribution in [1.29, 1.82) is 0 Å². The highest BCUT2D eigenvalue weighted by Crippen LogP contribution is 2.38. The minimum Gasteiger partial charge on any atom is -0.438 e. The van der Waals surface area contributed by atoms with E-state index in [4.69, 9.17) is 15.9 Å². The first-order valence-corrected chi connectivity index (χ1v) is 12.7. The number of aromatic nitrogens is 1. The van der Waals surface area contributed by atoms with Gasteiger partial charge in [0.1, 0.15) is 5.56 Å². The maximum atomic E-state index is 13.5. The lowest BCUT2D eigenvalue weighted by Gasteiger charge is -2.39. The van der Waals surface area contributed by atoms with Gasteiger partial charge < -0.3 is 36.3 Å². The molecule has 0 bridgehead atoms. The van der Waals surface area contributed by atoms with E-state index in [0.29, 0.717) is 23.7 Å². The molecule has 13 heteroatoms. The number of likely N-dealkylation sites (N-methyl/N-ethyl adjacent to an activating group) is 1. The summed E-state index contributed by atoms with van der Waals surface area (Å²) in [6, 6.07) is 0.917. The first-order valence-electron chi connectivity index (χ1n) is 12.7. The number of rotatable bonds is 5. The van der Waals surface area contributed by atoms with Crippen LogP contribution in [0.2, 0.25) is 0 Å². The number of nitrogens with two attached hydrogens (primary N) is 2. The Morgan fingerprint density at radius 2 is 2.03 bits per heavy atom. The van der Waals surface area contributed by atoms with Gasteiger partial charge in [-0.05, 0) is 31.2 Å². The first-order chi connectivity index (χ1) is 18.1. The third-order valence-corrected chi connectivity index (χ3v) is 7.37. The molecule has 2 aromatic heterocycles. The maximum Gasteiger partial charge on any atom is 0.393 e. The highest BCUT2D eigenvalue weighted by Gasteiger charge is 2.44. The van der Waals surface area contributed by atoms with Crippen LogP contribution in [0.5, 0.6) is 0 Å². The summed E-state index contributed by atoms with van der Waals surface area (Å²) in [5, 5.41) is 6.04. The number of carbonyl (C=O) groups excluding carboxylic acids is 1. The van der Waals surface area contributed by atoms with Gasteiger partial charge >= 0.3 is 6.18 Å². The summed E-state index contributed by atoms with van der Waals surface area (Å²) < 4.78 is 46.2. The number of amides is 1. The van der Waals surface area contributed by atoms with Crippen LogP contribution in [-0.4, -0.2) is 92.3 Å². The summed E-state index contributed by atoms with van der Waals surface area (Å²) >= 11 is 0. The van der Waals surface area contributed by atoms with Crippen molar-refractivity contribution in [1.82, 2.24) is 14.8 Å². The van der Waals surface area contributed by atoms with Crippen LogP contribution in [0.1, 0.15) is 22.5 Å². The number of carbonyl (C=O) groups is 1. The molecule has 5 heterocycles. The Morgan fingerprint density at radius 1 is 1.26 bits per heavy atom. The second-order valence-electron chi connectivity index (χ2n) is 10.3. The Balaban J connectivity index is 1.33. The molecule has 2 aromatic rings. The molecule has 206 valence electrons. The van der Waals surface area contributed by atoms with Crippen molar-refractivity contribution in [2.75, 3.05) is 80.7 Å². The lowest BCUT2D eigenvalue weighted by Crippen LogP contribution is -2.51. The molecule has 6 N–H and O–H groups in total. The van der Waals surface area contributed by atoms with Gasteiger partial charge in [0.2, 0.25) is 5.88 Å². The number of piperazine rings is 1. The molecule has 0 unspecified atom stereocenters. The molecule has 3 aliphatic rings. The van der Waals surface area contributed by atoms with Gasteiger partial charge in [-0.15, -0.1) is 0 Å². The average Bonchev–Trinajstić information content (AvgIpc) is 3.20. The number of fused-ring (bicyclic) bond motifs is 1. The van der Waals surface area contributed by atoms with E-state index in [1.807, 2.05) is 6.08 Å². The number of furan rings is 1. The molecule has 2 saturated heterocycles. The zero-order chi connectivity index (χ0) is 27.0. The highest BCUT2D eigenvalue weighted by atomic mass is 19.4. The predicted molar refractivity (Wildman–Crippen MR) is 140 cm³/mol. The molecule has 1 amide bonds. The Labute approximate surface area is 218 Å². The summed E-state index contributed by atoms with van der Waals surface area (Å²) in [5.41, 5.74) is 14.5. The number of nitrogens with one attached hydrogen (secondary N) is 2. The molecule has 0 radical (unpaired) electrons. The quantitative estimate of drug-likeness (QED) is 0.457. The Kier molecular flexibility index (Phi) is 7.25. The minimum absolute atomic E-state index is 0.0420. The van der Waals surface area contributed by atoms with Crippen molar-refractivity contribution in [2.24, 2.45) is 11.7 Å². The molecule has 2 atom stereocenters. The maximum absolute atomic E-state index is 13.5. The van der Waals surface area contributed by atoms with E-state index in [9.17, 15) is 18.0 Å². The molecule has 0 aromatic carbocycles. The third-order valence-electron chi connectivity index (χ3n) is 7.37. The van der Waals surface area contributed by atoms with Gasteiger partial charge in [0.15, 0.2) is 5.76 Å². The van der Waals surface area contributed by atoms with E-state index in [1.165, 1.54) is 12.4 Å². The number of halogens is 3. The number of anilines is 4. The fourth-order valence-corrected chi connectivity index (χ4v) is 5.32. The van der Waals surface area contributed by atoms with E-state index >= 15 is 0 Å². The average molecular weight is 535 g/mol. The Hall–Kier alpha value is -3.29. The van der Waals surface area contributed by atoms with Crippen LogP contribution in [0.4, 0.5) is 36.1 Å². The van der Waals surface area contributed by atoms with E-state index < -0.39 is 24.0 Å². The minimum atomic E-state index is -4.36. The van der Waals surface area contributed by atoms with Crippen molar-refractivity contribution in [3.8, 4) is 0 Å². The van der Waals surface area contributed by atoms with Gasteiger partial charge in [0.05, 0.1) is 29.2 Å². The number of pyridine rings is 1. The zero-order valence-electron chi connectivity index (χ0n) is 21.2. The largest absolute Gasteiger partial charge is 0.438 e. The van der Waals surface area contributed by atoms with Crippen LogP contribution in [0.15, 0.2) is 28.5 Å². The fourth-order valence-electron chi connectivity index (χ4n) is 5.32. The molecule has 0 saturated carbocycles. The van der Waals surface area contributed by atoms with E-state index in [2.05, 4.69) is 32.5 Å². The number of nitrogen functional groups attached to an aromatic ring is 1. The molecule has 2 fully saturated rings. The van der Waals surface area contributed by atoms with Gasteiger partial charge in [-0.2, -0.15) is 13.2 Å². The van der Waals surface area contributed by atoms with E-state index in [-0.39, 0.29) is 36.6 Å². The smallest absolute Gasteiger partial charge is 0.393 e. The van der Waals surface area contributed by atoms with Gasteiger partial charge in [0, 0.05) is 64.6 Å². The zero-order valence-corrected chi connectivity index (χ0v) is 21.2. The molecule has 0 spiro atoms. The molecular weight excluding hydrogens is 501 g/mol. The lowest BCUT2D eigenvalue weighted by atomic mass is 9.93. The number of nitrogens with zero attached hydrogens (tertiary/aromatic N) is 4. The standard InChI is InChI=1S/C25H33F3N8O2/c1-34-4-6-35(7-5-34)12-15-8-20-22(32-10-15)21(23(30)38-20)24(37)33-18-11-31-3-2-19(18)36-13-16(25(26,27)28)9-17(29)14-36/h2-3,8,11,16-17,32H,4-7,9-10,12-14,29-30H2,1H3,(H,33,37)/t16-,17+/m1/s1. The van der Waals surface area contributed by atoms with Crippen molar-refractivity contribution < 1.29 is 22.4 Å². The van der Waals surface area contributed by atoms with E-state index in [1.54, 1.807) is 11.0 Å². The van der Waals surface area contributed by atoms with Crippen molar-refractivity contribution >= 4 is 34.9 Å². The molecule has 38 heavy (non-hydrogen) atoms. The number of hydrogen-bond donors (Lipinski definition) is 4. The second-order valence-corrected chi connectivity index (χ2v) is 10.3. The summed E-state index contributed by atoms with van der Waals surface area (Å²) in [4.78, 5) is 23.6. The second kappa shape index (κ2) is 10.5. The van der Waals surface area contributed by atoms with Gasteiger partial charge in [-0.1, -0.05) is 0 Å². The summed E-state index contributed by atoms with van der Waals surface area (Å²) in [6.07, 6.45) is 0.287. The Morgan fingerprint density at radius 3 is 2.76 bits per heavy atom. The van der Waals surface area contributed by atoms with Crippen LogP contribution in [0.25, 0.3) is 6.08 Å². The fraction of sp³-hybridized carbons (Fsp3) is 0.520. The predicted octanol–water partition coefficient (Wildman–Crippen LogP) is 2.28.